The highest BCUT2D eigenvalue weighted by molar-refractivity contribution is 5.85. The van der Waals surface area contributed by atoms with E-state index in [0.717, 1.165) is 5.75 Å². The van der Waals surface area contributed by atoms with Gasteiger partial charge in [-0.3, -0.25) is 0 Å². The highest BCUT2D eigenvalue weighted by atomic mass is 35.5. The van der Waals surface area contributed by atoms with Crippen LogP contribution in [0, 0.1) is 0 Å². The van der Waals surface area contributed by atoms with E-state index in [1.54, 1.807) is 0 Å². The Morgan fingerprint density at radius 3 is 2.50 bits per heavy atom. The summed E-state index contributed by atoms with van der Waals surface area (Å²) in [5.74, 6) is 1.57. The van der Waals surface area contributed by atoms with Crippen LogP contribution >= 0.6 is 12.4 Å². The summed E-state index contributed by atoms with van der Waals surface area (Å²) in [5.41, 5.74) is 1.33. The molecule has 0 radical (unpaired) electrons. The minimum absolute atomic E-state index is 0. The molecule has 2 rings (SSSR count). The van der Waals surface area contributed by atoms with E-state index in [9.17, 15) is 5.11 Å². The molecule has 0 spiro atoms. The molecule has 2 N–H and O–H groups in total. The number of ether oxygens (including phenoxy) is 1. The van der Waals surface area contributed by atoms with Crippen LogP contribution in [-0.4, -0.2) is 29.9 Å². The summed E-state index contributed by atoms with van der Waals surface area (Å²) in [7, 11) is 0. The topological polar surface area (TPSA) is 41.5 Å². The van der Waals surface area contributed by atoms with Crippen molar-refractivity contribution < 1.29 is 9.84 Å². The van der Waals surface area contributed by atoms with Gasteiger partial charge in [-0.05, 0) is 51.2 Å². The number of nitrogens with one attached hydrogen (secondary N) is 1. The van der Waals surface area contributed by atoms with Crippen LogP contribution in [0.15, 0.2) is 24.3 Å². The molecule has 1 aliphatic rings. The Labute approximate surface area is 140 Å². The lowest BCUT2D eigenvalue weighted by atomic mass is 9.97. The number of halogens is 1. The molecular weight excluding hydrogens is 298 g/mol. The van der Waals surface area contributed by atoms with Crippen molar-refractivity contribution in [1.82, 2.24) is 5.32 Å². The van der Waals surface area contributed by atoms with E-state index < -0.39 is 6.10 Å². The van der Waals surface area contributed by atoms with Crippen molar-refractivity contribution in [2.45, 2.75) is 64.0 Å². The standard InChI is InChI=1S/C18H29NO2.ClH/c1-18(2,3)19-12-15(20)13-21-17-11-7-6-10-16(17)14-8-4-5-9-14;/h6-7,10-11,14-15,19-20H,4-5,8-9,12-13H2,1-3H3;1H/t15-;/m0./s1. The van der Waals surface area contributed by atoms with Crippen molar-refractivity contribution in [2.24, 2.45) is 0 Å². The van der Waals surface area contributed by atoms with Crippen molar-refractivity contribution in [2.75, 3.05) is 13.2 Å². The summed E-state index contributed by atoms with van der Waals surface area (Å²) in [6.07, 6.45) is 4.66. The van der Waals surface area contributed by atoms with Gasteiger partial charge in [-0.25, -0.2) is 0 Å². The molecule has 1 saturated carbocycles. The number of β-amino-alcohol motifs (C(OH)–C–C–N with tert-alkyl or cyclic N) is 1. The Morgan fingerprint density at radius 2 is 1.86 bits per heavy atom. The predicted octanol–water partition coefficient (Wildman–Crippen LogP) is 3.89. The average Bonchev–Trinajstić information content (AvgIpc) is 2.96. The van der Waals surface area contributed by atoms with Gasteiger partial charge < -0.3 is 15.2 Å². The van der Waals surface area contributed by atoms with Crippen molar-refractivity contribution in [3.05, 3.63) is 29.8 Å². The quantitative estimate of drug-likeness (QED) is 0.832. The zero-order valence-electron chi connectivity index (χ0n) is 14.0. The van der Waals surface area contributed by atoms with Crippen LogP contribution in [0.1, 0.15) is 57.9 Å². The predicted molar refractivity (Wildman–Crippen MR) is 94.2 cm³/mol. The maximum absolute atomic E-state index is 10.0. The molecule has 1 aromatic carbocycles. The molecule has 1 fully saturated rings. The molecule has 1 aliphatic carbocycles. The zero-order chi connectivity index (χ0) is 15.3. The molecule has 0 unspecified atom stereocenters. The van der Waals surface area contributed by atoms with Gasteiger partial charge >= 0.3 is 0 Å². The van der Waals surface area contributed by atoms with E-state index >= 15 is 0 Å². The molecule has 1 aromatic rings. The third kappa shape index (κ3) is 6.15. The summed E-state index contributed by atoms with van der Waals surface area (Å²) in [5, 5.41) is 13.3. The van der Waals surface area contributed by atoms with E-state index in [4.69, 9.17) is 4.74 Å². The van der Waals surface area contributed by atoms with E-state index in [1.165, 1.54) is 31.2 Å². The normalized spacial score (nSPS) is 17.1. The Kier molecular flexibility index (Phi) is 7.67. The molecule has 1 atom stereocenters. The van der Waals surface area contributed by atoms with Gasteiger partial charge in [0.25, 0.3) is 0 Å². The summed E-state index contributed by atoms with van der Waals surface area (Å²) < 4.78 is 5.89. The second-order valence-corrected chi connectivity index (χ2v) is 7.11. The van der Waals surface area contributed by atoms with Crippen molar-refractivity contribution >= 4 is 12.4 Å². The van der Waals surface area contributed by atoms with Gasteiger partial charge in [0.2, 0.25) is 0 Å². The van der Waals surface area contributed by atoms with Crippen molar-refractivity contribution in [3.8, 4) is 5.75 Å². The largest absolute Gasteiger partial charge is 0.491 e. The maximum atomic E-state index is 10.0. The van der Waals surface area contributed by atoms with Gasteiger partial charge in [0.1, 0.15) is 18.5 Å². The van der Waals surface area contributed by atoms with E-state index in [2.05, 4.69) is 38.2 Å². The molecule has 0 bridgehead atoms. The van der Waals surface area contributed by atoms with E-state index in [-0.39, 0.29) is 17.9 Å². The Bertz CT molecular complexity index is 439. The lowest BCUT2D eigenvalue weighted by Crippen LogP contribution is -2.42. The highest BCUT2D eigenvalue weighted by Gasteiger charge is 2.20. The van der Waals surface area contributed by atoms with Crippen LogP contribution in [0.25, 0.3) is 0 Å². The maximum Gasteiger partial charge on any atom is 0.122 e. The monoisotopic (exact) mass is 327 g/mol. The first kappa shape index (κ1) is 19.3. The molecule has 22 heavy (non-hydrogen) atoms. The number of para-hydroxylation sites is 1. The third-order valence-electron chi connectivity index (χ3n) is 4.01. The fraction of sp³-hybridized carbons (Fsp3) is 0.667. The smallest absolute Gasteiger partial charge is 0.122 e. The average molecular weight is 328 g/mol. The van der Waals surface area contributed by atoms with Crippen LogP contribution in [0.4, 0.5) is 0 Å². The SMILES string of the molecule is CC(C)(C)NC[C@H](O)COc1ccccc1C1CCCC1.Cl. The van der Waals surface area contributed by atoms with Gasteiger partial charge in [0.05, 0.1) is 0 Å². The fourth-order valence-electron chi connectivity index (χ4n) is 2.85. The Morgan fingerprint density at radius 1 is 1.23 bits per heavy atom. The number of aliphatic hydroxyl groups is 1. The van der Waals surface area contributed by atoms with Crippen LogP contribution in [-0.2, 0) is 0 Å². The second-order valence-electron chi connectivity index (χ2n) is 7.11. The van der Waals surface area contributed by atoms with Crippen molar-refractivity contribution in [3.63, 3.8) is 0 Å². The van der Waals surface area contributed by atoms with Gasteiger partial charge in [-0.2, -0.15) is 0 Å². The lowest BCUT2D eigenvalue weighted by molar-refractivity contribution is 0.0993. The highest BCUT2D eigenvalue weighted by Crippen LogP contribution is 2.38. The molecular formula is C18H30ClNO2. The van der Waals surface area contributed by atoms with Crippen LogP contribution in [0.3, 0.4) is 0 Å². The van der Waals surface area contributed by atoms with Crippen LogP contribution in [0.5, 0.6) is 5.75 Å². The minimum atomic E-state index is -0.485. The van der Waals surface area contributed by atoms with Crippen LogP contribution in [0.2, 0.25) is 0 Å². The van der Waals surface area contributed by atoms with Gasteiger partial charge in [0, 0.05) is 12.1 Å². The Hall–Kier alpha value is -0.770. The summed E-state index contributed by atoms with van der Waals surface area (Å²) in [6, 6.07) is 8.29. The molecule has 0 amide bonds. The zero-order valence-corrected chi connectivity index (χ0v) is 14.8. The number of rotatable bonds is 6. The Balaban J connectivity index is 0.00000242. The van der Waals surface area contributed by atoms with E-state index in [1.807, 2.05) is 12.1 Å². The number of benzene rings is 1. The van der Waals surface area contributed by atoms with Crippen LogP contribution < -0.4 is 10.1 Å². The summed E-state index contributed by atoms with van der Waals surface area (Å²) >= 11 is 0. The third-order valence-corrected chi connectivity index (χ3v) is 4.01. The summed E-state index contributed by atoms with van der Waals surface area (Å²) in [4.78, 5) is 0. The number of aliphatic hydroxyl groups excluding tert-OH is 1. The first-order valence-corrected chi connectivity index (χ1v) is 8.10. The molecule has 126 valence electrons. The molecule has 0 heterocycles. The van der Waals surface area contributed by atoms with Gasteiger partial charge in [0.15, 0.2) is 0 Å². The second kappa shape index (κ2) is 8.76. The number of hydrogen-bond donors (Lipinski definition) is 2. The first-order chi connectivity index (χ1) is 9.96. The molecule has 4 heteroatoms. The molecule has 0 aromatic heterocycles. The first-order valence-electron chi connectivity index (χ1n) is 8.10. The van der Waals surface area contributed by atoms with Gasteiger partial charge in [-0.1, -0.05) is 31.0 Å². The molecule has 3 nitrogen and oxygen atoms in total. The molecule has 0 saturated heterocycles. The summed E-state index contributed by atoms with van der Waals surface area (Å²) in [6.45, 7) is 7.17. The van der Waals surface area contributed by atoms with Crippen molar-refractivity contribution in [1.29, 1.82) is 0 Å². The minimum Gasteiger partial charge on any atom is -0.491 e. The van der Waals surface area contributed by atoms with Gasteiger partial charge in [-0.15, -0.1) is 12.4 Å². The molecule has 0 aliphatic heterocycles. The van der Waals surface area contributed by atoms with E-state index in [0.29, 0.717) is 19.1 Å². The lowest BCUT2D eigenvalue weighted by Gasteiger charge is -2.23. The fourth-order valence-corrected chi connectivity index (χ4v) is 2.85. The number of hydrogen-bond acceptors (Lipinski definition) is 3.